The number of benzene rings is 1. The molecule has 1 aromatic carbocycles. The molecule has 1 aliphatic carbocycles. The van der Waals surface area contributed by atoms with Crippen LogP contribution in [0.25, 0.3) is 0 Å². The van der Waals surface area contributed by atoms with E-state index in [1.54, 1.807) is 0 Å². The fourth-order valence-electron chi connectivity index (χ4n) is 1.73. The predicted octanol–water partition coefficient (Wildman–Crippen LogP) is 0.966. The van der Waals surface area contributed by atoms with Crippen LogP contribution >= 0.6 is 0 Å². The van der Waals surface area contributed by atoms with Crippen LogP contribution in [0.2, 0.25) is 0 Å². The van der Waals surface area contributed by atoms with Crippen molar-refractivity contribution >= 4 is 21.7 Å². The first-order valence-corrected chi connectivity index (χ1v) is 8.00. The SMILES string of the molecule is O=C(CCS(=O)(=O)c1ccc(F)c(C(=O)O)c1)NC1CC1. The first-order chi connectivity index (χ1) is 9.79. The Hall–Kier alpha value is -1.96. The zero-order valence-electron chi connectivity index (χ0n) is 11.0. The van der Waals surface area contributed by atoms with Gasteiger partial charge in [0.15, 0.2) is 9.84 Å². The molecule has 8 heteroatoms. The van der Waals surface area contributed by atoms with E-state index in [0.29, 0.717) is 0 Å². The summed E-state index contributed by atoms with van der Waals surface area (Å²) in [5.41, 5.74) is -0.710. The average molecular weight is 315 g/mol. The van der Waals surface area contributed by atoms with Crippen molar-refractivity contribution in [3.05, 3.63) is 29.6 Å². The van der Waals surface area contributed by atoms with Gasteiger partial charge in [-0.3, -0.25) is 4.79 Å². The Balaban J connectivity index is 2.09. The lowest BCUT2D eigenvalue weighted by Gasteiger charge is -2.06. The van der Waals surface area contributed by atoms with Crippen molar-refractivity contribution in [1.29, 1.82) is 0 Å². The molecule has 0 aromatic heterocycles. The number of carboxylic acid groups (broad SMARTS) is 1. The standard InChI is InChI=1S/C13H14FNO5S/c14-11-4-3-9(7-10(11)13(17)18)21(19,20)6-5-12(16)15-8-1-2-8/h3-4,7-8H,1-2,5-6H2,(H,15,16)(H,17,18). The normalized spacial score (nSPS) is 14.7. The smallest absolute Gasteiger partial charge is 0.338 e. The third-order valence-electron chi connectivity index (χ3n) is 3.07. The van der Waals surface area contributed by atoms with Crippen molar-refractivity contribution in [1.82, 2.24) is 5.32 Å². The predicted molar refractivity (Wildman–Crippen MR) is 71.2 cm³/mol. The number of sulfone groups is 1. The lowest BCUT2D eigenvalue weighted by molar-refractivity contribution is -0.120. The van der Waals surface area contributed by atoms with E-state index in [0.717, 1.165) is 31.0 Å². The van der Waals surface area contributed by atoms with Crippen molar-refractivity contribution < 1.29 is 27.5 Å². The molecule has 0 unspecified atom stereocenters. The van der Waals surface area contributed by atoms with Gasteiger partial charge in [-0.05, 0) is 31.0 Å². The third kappa shape index (κ3) is 4.01. The van der Waals surface area contributed by atoms with Gasteiger partial charge >= 0.3 is 5.97 Å². The molecule has 114 valence electrons. The van der Waals surface area contributed by atoms with Crippen molar-refractivity contribution in [2.45, 2.75) is 30.2 Å². The van der Waals surface area contributed by atoms with Gasteiger partial charge in [0.1, 0.15) is 5.82 Å². The number of halogens is 1. The highest BCUT2D eigenvalue weighted by Gasteiger charge is 2.25. The maximum Gasteiger partial charge on any atom is 0.338 e. The van der Waals surface area contributed by atoms with E-state index in [1.807, 2.05) is 0 Å². The second-order valence-electron chi connectivity index (χ2n) is 4.86. The summed E-state index contributed by atoms with van der Waals surface area (Å²) in [7, 11) is -3.83. The van der Waals surface area contributed by atoms with Crippen molar-refractivity contribution in [3.63, 3.8) is 0 Å². The summed E-state index contributed by atoms with van der Waals surface area (Å²) in [5.74, 6) is -3.36. The first kappa shape index (κ1) is 15.4. The number of rotatable bonds is 6. The number of hydrogen-bond acceptors (Lipinski definition) is 4. The molecule has 21 heavy (non-hydrogen) atoms. The van der Waals surface area contributed by atoms with Gasteiger partial charge in [0.05, 0.1) is 16.2 Å². The fourth-order valence-corrected chi connectivity index (χ4v) is 3.00. The van der Waals surface area contributed by atoms with E-state index in [9.17, 15) is 22.4 Å². The fraction of sp³-hybridized carbons (Fsp3) is 0.385. The maximum absolute atomic E-state index is 13.2. The van der Waals surface area contributed by atoms with Crippen LogP contribution in [0.4, 0.5) is 4.39 Å². The molecule has 1 aromatic rings. The van der Waals surface area contributed by atoms with E-state index >= 15 is 0 Å². The second kappa shape index (κ2) is 5.80. The Bertz CT molecular complexity index is 682. The monoisotopic (exact) mass is 315 g/mol. The maximum atomic E-state index is 13.2. The van der Waals surface area contributed by atoms with Crippen LogP contribution in [-0.4, -0.2) is 37.2 Å². The number of carbonyl (C=O) groups is 2. The molecule has 0 saturated heterocycles. The number of carboxylic acids is 1. The van der Waals surface area contributed by atoms with Gasteiger partial charge in [0.25, 0.3) is 0 Å². The molecular formula is C13H14FNO5S. The molecule has 2 N–H and O–H groups in total. The largest absolute Gasteiger partial charge is 0.478 e. The summed E-state index contributed by atoms with van der Waals surface area (Å²) in [6, 6.07) is 2.70. The van der Waals surface area contributed by atoms with Gasteiger partial charge in [0, 0.05) is 12.5 Å². The Morgan fingerprint density at radius 2 is 2.00 bits per heavy atom. The lowest BCUT2D eigenvalue weighted by Crippen LogP contribution is -2.27. The zero-order chi connectivity index (χ0) is 15.6. The molecule has 6 nitrogen and oxygen atoms in total. The Labute approximate surface area is 120 Å². The molecule has 0 aliphatic heterocycles. The number of carbonyl (C=O) groups excluding carboxylic acids is 1. The van der Waals surface area contributed by atoms with Crippen LogP contribution in [0.3, 0.4) is 0 Å². The van der Waals surface area contributed by atoms with Crippen LogP contribution in [-0.2, 0) is 14.6 Å². The number of hydrogen-bond donors (Lipinski definition) is 2. The van der Waals surface area contributed by atoms with Crippen LogP contribution in [0.5, 0.6) is 0 Å². The highest BCUT2D eigenvalue weighted by molar-refractivity contribution is 7.91. The molecule has 0 bridgehead atoms. The first-order valence-electron chi connectivity index (χ1n) is 6.34. The summed E-state index contributed by atoms with van der Waals surface area (Å²) in [6.07, 6.45) is 1.59. The molecule has 0 spiro atoms. The minimum atomic E-state index is -3.83. The Morgan fingerprint density at radius 3 is 2.57 bits per heavy atom. The van der Waals surface area contributed by atoms with Gasteiger partial charge < -0.3 is 10.4 Å². The summed E-state index contributed by atoms with van der Waals surface area (Å²) >= 11 is 0. The Kier molecular flexibility index (Phi) is 4.26. The van der Waals surface area contributed by atoms with Gasteiger partial charge in [-0.15, -0.1) is 0 Å². The highest BCUT2D eigenvalue weighted by atomic mass is 32.2. The topological polar surface area (TPSA) is 101 Å². The summed E-state index contributed by atoms with van der Waals surface area (Å²) in [6.45, 7) is 0. The number of aromatic carboxylic acids is 1. The van der Waals surface area contributed by atoms with Gasteiger partial charge in [0.2, 0.25) is 5.91 Å². The summed E-state index contributed by atoms with van der Waals surface area (Å²) < 4.78 is 37.3. The van der Waals surface area contributed by atoms with E-state index in [1.165, 1.54) is 0 Å². The molecule has 2 rings (SSSR count). The highest BCUT2D eigenvalue weighted by Crippen LogP contribution is 2.20. The summed E-state index contributed by atoms with van der Waals surface area (Å²) in [5, 5.41) is 11.4. The van der Waals surface area contributed by atoms with E-state index < -0.39 is 32.9 Å². The number of nitrogens with one attached hydrogen (secondary N) is 1. The van der Waals surface area contributed by atoms with Crippen LogP contribution in [0.15, 0.2) is 23.1 Å². The quantitative estimate of drug-likeness (QED) is 0.762. The van der Waals surface area contributed by atoms with Crippen LogP contribution < -0.4 is 5.32 Å². The average Bonchev–Trinajstić information content (AvgIpc) is 3.20. The molecular weight excluding hydrogens is 301 g/mol. The molecule has 0 heterocycles. The van der Waals surface area contributed by atoms with E-state index in [2.05, 4.69) is 5.32 Å². The molecule has 1 saturated carbocycles. The van der Waals surface area contributed by atoms with Gasteiger partial charge in [-0.1, -0.05) is 0 Å². The van der Waals surface area contributed by atoms with Crippen LogP contribution in [0.1, 0.15) is 29.6 Å². The lowest BCUT2D eigenvalue weighted by atomic mass is 10.2. The minimum absolute atomic E-state index is 0.143. The van der Waals surface area contributed by atoms with Crippen molar-refractivity contribution in [2.75, 3.05) is 5.75 Å². The van der Waals surface area contributed by atoms with Gasteiger partial charge in [-0.2, -0.15) is 0 Å². The number of amides is 1. The zero-order valence-corrected chi connectivity index (χ0v) is 11.8. The van der Waals surface area contributed by atoms with Crippen molar-refractivity contribution in [3.8, 4) is 0 Å². The second-order valence-corrected chi connectivity index (χ2v) is 6.97. The molecule has 1 amide bonds. The third-order valence-corrected chi connectivity index (χ3v) is 4.78. The van der Waals surface area contributed by atoms with Gasteiger partial charge in [-0.25, -0.2) is 17.6 Å². The molecule has 0 atom stereocenters. The van der Waals surface area contributed by atoms with Crippen molar-refractivity contribution in [2.24, 2.45) is 0 Å². The van der Waals surface area contributed by atoms with Crippen LogP contribution in [0, 0.1) is 5.82 Å². The summed E-state index contributed by atoms with van der Waals surface area (Å²) in [4.78, 5) is 22.0. The molecule has 0 radical (unpaired) electrons. The molecule has 1 aliphatic rings. The molecule has 1 fully saturated rings. The van der Waals surface area contributed by atoms with E-state index in [4.69, 9.17) is 5.11 Å². The minimum Gasteiger partial charge on any atom is -0.478 e. The van der Waals surface area contributed by atoms with E-state index in [-0.39, 0.29) is 23.3 Å². The Morgan fingerprint density at radius 1 is 1.33 bits per heavy atom.